The van der Waals surface area contributed by atoms with Crippen molar-refractivity contribution in [3.8, 4) is 22.9 Å². The number of alkyl halides is 1. The minimum absolute atomic E-state index is 0.0881. The van der Waals surface area contributed by atoms with E-state index in [0.29, 0.717) is 22.2 Å². The molecule has 1 aromatic heterocycles. The highest BCUT2D eigenvalue weighted by molar-refractivity contribution is 7.88. The molecule has 2 bridgehead atoms. The Labute approximate surface area is 227 Å². The van der Waals surface area contributed by atoms with E-state index in [1.807, 2.05) is 29.2 Å². The van der Waals surface area contributed by atoms with Crippen LogP contribution in [0.2, 0.25) is 5.02 Å². The zero-order valence-electron chi connectivity index (χ0n) is 20.9. The van der Waals surface area contributed by atoms with Crippen LogP contribution in [0.1, 0.15) is 49.8 Å². The van der Waals surface area contributed by atoms with E-state index in [9.17, 15) is 13.7 Å². The molecule has 2 aromatic carbocycles. The number of halogens is 2. The number of nitrogens with zero attached hydrogens (tertiary/aromatic N) is 3. The van der Waals surface area contributed by atoms with Gasteiger partial charge in [-0.25, -0.2) is 13.1 Å². The molecular weight excluding hydrogens is 531 g/mol. The summed E-state index contributed by atoms with van der Waals surface area (Å²) in [5, 5.41) is 14.6. The zero-order valence-corrected chi connectivity index (χ0v) is 23.2. The Bertz CT molecular complexity index is 1490. The Morgan fingerprint density at radius 1 is 1.16 bits per heavy atom. The predicted octanol–water partition coefficient (Wildman–Crippen LogP) is 5.20. The van der Waals surface area contributed by atoms with Gasteiger partial charge in [-0.15, -0.1) is 11.6 Å². The quantitative estimate of drug-likeness (QED) is 0.364. The molecule has 1 heterocycles. The van der Waals surface area contributed by atoms with E-state index in [1.54, 1.807) is 0 Å². The summed E-state index contributed by atoms with van der Waals surface area (Å²) in [6.45, 7) is 4.46. The zero-order chi connectivity index (χ0) is 26.6. The van der Waals surface area contributed by atoms with Crippen LogP contribution >= 0.6 is 23.2 Å². The highest BCUT2D eigenvalue weighted by Crippen LogP contribution is 2.65. The number of nitriles is 1. The SMILES string of the molecule is CC(C)(c1ccc(-c2cnn(C34CC(NS(C)(=O)=O)(C3)C4)c2)cc1)c1cc(Cl)c(OCCCl)c(C#N)c1. The molecule has 0 amide bonds. The van der Waals surface area contributed by atoms with Crippen molar-refractivity contribution in [2.75, 3.05) is 18.7 Å². The number of sulfonamides is 1. The van der Waals surface area contributed by atoms with Gasteiger partial charge >= 0.3 is 0 Å². The molecule has 6 rings (SSSR count). The molecule has 0 aliphatic heterocycles. The number of hydrogen-bond acceptors (Lipinski definition) is 5. The summed E-state index contributed by atoms with van der Waals surface area (Å²) in [5.74, 6) is 0.667. The summed E-state index contributed by atoms with van der Waals surface area (Å²) in [6, 6.07) is 14.1. The van der Waals surface area contributed by atoms with Crippen LogP contribution in [-0.4, -0.2) is 42.5 Å². The first-order valence-corrected chi connectivity index (χ1v) is 14.8. The van der Waals surface area contributed by atoms with Crippen molar-refractivity contribution in [1.82, 2.24) is 14.5 Å². The Hall–Kier alpha value is -2.57. The van der Waals surface area contributed by atoms with Crippen molar-refractivity contribution in [2.45, 2.75) is 49.6 Å². The Kier molecular flexibility index (Phi) is 6.35. The second-order valence-corrected chi connectivity index (χ2v) is 13.3. The lowest BCUT2D eigenvalue weighted by Gasteiger charge is -2.69. The first-order chi connectivity index (χ1) is 17.4. The molecule has 10 heteroatoms. The molecule has 37 heavy (non-hydrogen) atoms. The summed E-state index contributed by atoms with van der Waals surface area (Å²) in [5.41, 5.74) is 3.63. The van der Waals surface area contributed by atoms with E-state index in [1.165, 1.54) is 6.26 Å². The Morgan fingerprint density at radius 3 is 2.43 bits per heavy atom. The lowest BCUT2D eigenvalue weighted by Crippen LogP contribution is -2.78. The first-order valence-electron chi connectivity index (χ1n) is 12.0. The number of nitrogens with one attached hydrogen (secondary N) is 1. The summed E-state index contributed by atoms with van der Waals surface area (Å²) in [6.07, 6.45) is 7.41. The van der Waals surface area contributed by atoms with Crippen molar-refractivity contribution in [3.05, 3.63) is 70.5 Å². The molecule has 194 valence electrons. The molecule has 3 fully saturated rings. The molecule has 3 aliphatic carbocycles. The van der Waals surface area contributed by atoms with E-state index in [-0.39, 0.29) is 17.7 Å². The number of aromatic nitrogens is 2. The van der Waals surface area contributed by atoms with Crippen LogP contribution in [0.5, 0.6) is 5.75 Å². The van der Waals surface area contributed by atoms with Gasteiger partial charge in [0.25, 0.3) is 0 Å². The highest BCUT2D eigenvalue weighted by atomic mass is 35.5. The third kappa shape index (κ3) is 4.63. The molecule has 0 atom stereocenters. The van der Waals surface area contributed by atoms with Crippen LogP contribution in [0.15, 0.2) is 48.8 Å². The van der Waals surface area contributed by atoms with Gasteiger partial charge in [0.2, 0.25) is 10.0 Å². The van der Waals surface area contributed by atoms with Gasteiger partial charge in [0, 0.05) is 22.7 Å². The summed E-state index contributed by atoms with van der Waals surface area (Å²) < 4.78 is 33.6. The van der Waals surface area contributed by atoms with Gasteiger partial charge in [-0.2, -0.15) is 10.4 Å². The van der Waals surface area contributed by atoms with Crippen LogP contribution in [0.25, 0.3) is 11.1 Å². The second-order valence-electron chi connectivity index (χ2n) is 10.8. The minimum Gasteiger partial charge on any atom is -0.489 e. The van der Waals surface area contributed by atoms with Gasteiger partial charge in [0.1, 0.15) is 12.7 Å². The lowest BCUT2D eigenvalue weighted by molar-refractivity contribution is -0.132. The maximum Gasteiger partial charge on any atom is 0.209 e. The molecule has 3 saturated carbocycles. The topological polar surface area (TPSA) is 97.0 Å². The molecule has 3 aromatic rings. The normalized spacial score (nSPS) is 22.6. The summed E-state index contributed by atoms with van der Waals surface area (Å²) >= 11 is 12.2. The summed E-state index contributed by atoms with van der Waals surface area (Å²) in [7, 11) is -3.21. The molecule has 0 spiro atoms. The molecule has 0 unspecified atom stereocenters. The number of benzene rings is 2. The van der Waals surface area contributed by atoms with Gasteiger partial charge < -0.3 is 4.74 Å². The second kappa shape index (κ2) is 9.02. The molecule has 3 aliphatic rings. The van der Waals surface area contributed by atoms with Crippen LogP contribution in [-0.2, 0) is 21.0 Å². The number of rotatable bonds is 9. The number of hydrogen-bond donors (Lipinski definition) is 1. The molecule has 0 saturated heterocycles. The van der Waals surface area contributed by atoms with E-state index in [0.717, 1.165) is 41.5 Å². The van der Waals surface area contributed by atoms with Crippen molar-refractivity contribution in [1.29, 1.82) is 5.26 Å². The average Bonchev–Trinajstić information content (AvgIpc) is 3.28. The lowest BCUT2D eigenvalue weighted by atomic mass is 9.44. The minimum atomic E-state index is -3.21. The third-order valence-corrected chi connectivity index (χ3v) is 8.86. The maximum absolute atomic E-state index is 11.6. The predicted molar refractivity (Wildman–Crippen MR) is 145 cm³/mol. The smallest absolute Gasteiger partial charge is 0.209 e. The van der Waals surface area contributed by atoms with E-state index in [2.05, 4.69) is 54.0 Å². The van der Waals surface area contributed by atoms with Crippen molar-refractivity contribution in [2.24, 2.45) is 0 Å². The molecule has 1 N–H and O–H groups in total. The van der Waals surface area contributed by atoms with Gasteiger partial charge in [0.05, 0.1) is 34.5 Å². The third-order valence-electron chi connectivity index (χ3n) is 7.62. The van der Waals surface area contributed by atoms with Gasteiger partial charge in [-0.05, 0) is 48.1 Å². The van der Waals surface area contributed by atoms with E-state index < -0.39 is 15.4 Å². The Balaban J connectivity index is 1.33. The van der Waals surface area contributed by atoms with E-state index >= 15 is 0 Å². The fraction of sp³-hybridized carbons (Fsp3) is 0.407. The van der Waals surface area contributed by atoms with Gasteiger partial charge in [-0.3, -0.25) is 4.68 Å². The molecule has 0 radical (unpaired) electrons. The largest absolute Gasteiger partial charge is 0.489 e. The van der Waals surface area contributed by atoms with E-state index in [4.69, 9.17) is 27.9 Å². The van der Waals surface area contributed by atoms with Crippen LogP contribution in [0, 0.1) is 11.3 Å². The van der Waals surface area contributed by atoms with Crippen molar-refractivity contribution >= 4 is 33.2 Å². The highest BCUT2D eigenvalue weighted by Gasteiger charge is 2.70. The van der Waals surface area contributed by atoms with Gasteiger partial charge in [0.15, 0.2) is 5.75 Å². The monoisotopic (exact) mass is 558 g/mol. The van der Waals surface area contributed by atoms with Crippen LogP contribution < -0.4 is 9.46 Å². The number of ether oxygens (including phenoxy) is 1. The fourth-order valence-electron chi connectivity index (χ4n) is 5.78. The maximum atomic E-state index is 11.6. The van der Waals surface area contributed by atoms with Crippen molar-refractivity contribution in [3.63, 3.8) is 0 Å². The van der Waals surface area contributed by atoms with Crippen LogP contribution in [0.4, 0.5) is 0 Å². The summed E-state index contributed by atoms with van der Waals surface area (Å²) in [4.78, 5) is 0. The van der Waals surface area contributed by atoms with Crippen molar-refractivity contribution < 1.29 is 13.2 Å². The average molecular weight is 560 g/mol. The standard InChI is InChI=1S/C27H28Cl2N4O3S/c1-25(2,22-10-19(12-30)24(23(29)11-22)36-9-8-28)21-6-4-18(5-7-21)20-13-31-33(14-20)27-15-26(16-27,17-27)32-37(3,34)35/h4-7,10-11,13-14,32H,8-9,15-17H2,1-3H3. The molecule has 7 nitrogen and oxygen atoms in total. The molecular formula is C27H28Cl2N4O3S. The van der Waals surface area contributed by atoms with Gasteiger partial charge in [-0.1, -0.05) is 49.7 Å². The first kappa shape index (κ1) is 26.1. The fourth-order valence-corrected chi connectivity index (χ4v) is 7.13. The van der Waals surface area contributed by atoms with Crippen LogP contribution in [0.3, 0.4) is 0 Å². The Morgan fingerprint density at radius 2 is 1.84 bits per heavy atom.